The lowest BCUT2D eigenvalue weighted by Crippen LogP contribution is -2.43. The molecule has 0 saturated carbocycles. The van der Waals surface area contributed by atoms with Crippen molar-refractivity contribution in [1.29, 1.82) is 0 Å². The molecule has 106 valence electrons. The quantitative estimate of drug-likeness (QED) is 0.700. The Kier molecular flexibility index (Phi) is 6.45. The maximum absolute atomic E-state index is 13.0. The predicted octanol–water partition coefficient (Wildman–Crippen LogP) is 1.36. The van der Waals surface area contributed by atoms with E-state index in [2.05, 4.69) is 10.6 Å². The Morgan fingerprint density at radius 1 is 1.47 bits per heavy atom. The molecule has 0 radical (unpaired) electrons. The van der Waals surface area contributed by atoms with Crippen molar-refractivity contribution in [2.45, 2.75) is 32.4 Å². The number of aliphatic hydroxyl groups excluding tert-OH is 1. The zero-order chi connectivity index (χ0) is 14.3. The highest BCUT2D eigenvalue weighted by Crippen LogP contribution is 2.13. The second-order valence-corrected chi connectivity index (χ2v) is 4.49. The minimum atomic E-state index is -0.836. The van der Waals surface area contributed by atoms with Crippen molar-refractivity contribution in [2.75, 3.05) is 13.1 Å². The molecule has 0 bridgehead atoms. The van der Waals surface area contributed by atoms with Crippen molar-refractivity contribution in [2.24, 2.45) is 0 Å². The lowest BCUT2D eigenvalue weighted by atomic mass is 10.1. The zero-order valence-electron chi connectivity index (χ0n) is 11.3. The topological polar surface area (TPSA) is 61.4 Å². The van der Waals surface area contributed by atoms with E-state index >= 15 is 0 Å². The molecule has 0 aliphatic rings. The molecule has 0 aromatic heterocycles. The van der Waals surface area contributed by atoms with E-state index in [1.807, 2.05) is 6.92 Å². The Hall–Kier alpha value is -1.46. The molecular weight excluding hydrogens is 247 g/mol. The van der Waals surface area contributed by atoms with Crippen LogP contribution in [0.1, 0.15) is 31.9 Å². The molecular formula is C14H21FN2O2. The molecule has 0 fully saturated rings. The molecule has 4 nitrogen and oxygen atoms in total. The summed E-state index contributed by atoms with van der Waals surface area (Å²) >= 11 is 0. The van der Waals surface area contributed by atoms with Crippen molar-refractivity contribution in [3.05, 3.63) is 35.6 Å². The molecule has 1 aromatic carbocycles. The van der Waals surface area contributed by atoms with E-state index in [1.165, 1.54) is 12.1 Å². The smallest absolute Gasteiger partial charge is 0.236 e. The van der Waals surface area contributed by atoms with Gasteiger partial charge in [0.2, 0.25) is 5.91 Å². The number of rotatable bonds is 7. The number of halogens is 1. The van der Waals surface area contributed by atoms with Gasteiger partial charge >= 0.3 is 0 Å². The Balaban J connectivity index is 2.41. The minimum absolute atomic E-state index is 0.103. The van der Waals surface area contributed by atoms with E-state index in [9.17, 15) is 14.3 Å². The maximum Gasteiger partial charge on any atom is 0.236 e. The van der Waals surface area contributed by atoms with Gasteiger partial charge in [-0.3, -0.25) is 4.79 Å². The van der Waals surface area contributed by atoms with Gasteiger partial charge in [0.1, 0.15) is 5.82 Å². The zero-order valence-corrected chi connectivity index (χ0v) is 11.3. The van der Waals surface area contributed by atoms with Crippen LogP contribution in [0.3, 0.4) is 0 Å². The molecule has 0 spiro atoms. The van der Waals surface area contributed by atoms with Gasteiger partial charge in [0.15, 0.2) is 0 Å². The number of carbonyl (C=O) groups excluding carboxylic acids is 1. The summed E-state index contributed by atoms with van der Waals surface area (Å²) in [7, 11) is 0. The van der Waals surface area contributed by atoms with Crippen LogP contribution < -0.4 is 10.6 Å². The summed E-state index contributed by atoms with van der Waals surface area (Å²) in [5.74, 6) is -0.487. The SMILES string of the molecule is CCCNC(=O)C(C)NCC(O)c1cccc(F)c1. The largest absolute Gasteiger partial charge is 0.387 e. The van der Waals surface area contributed by atoms with Crippen molar-refractivity contribution in [3.8, 4) is 0 Å². The van der Waals surface area contributed by atoms with Gasteiger partial charge in [0, 0.05) is 13.1 Å². The molecule has 5 heteroatoms. The Bertz CT molecular complexity index is 412. The fourth-order valence-electron chi connectivity index (χ4n) is 1.61. The summed E-state index contributed by atoms with van der Waals surface area (Å²) in [6, 6.07) is 5.41. The highest BCUT2D eigenvalue weighted by atomic mass is 19.1. The van der Waals surface area contributed by atoms with Gasteiger partial charge in [-0.15, -0.1) is 0 Å². The number of amides is 1. The third-order valence-electron chi connectivity index (χ3n) is 2.79. The first kappa shape index (κ1) is 15.6. The lowest BCUT2D eigenvalue weighted by molar-refractivity contribution is -0.122. The summed E-state index contributed by atoms with van der Waals surface area (Å²) < 4.78 is 13.0. The number of nitrogens with one attached hydrogen (secondary N) is 2. The Morgan fingerprint density at radius 2 is 2.21 bits per heavy atom. The van der Waals surface area contributed by atoms with Crippen LogP contribution in [0.5, 0.6) is 0 Å². The maximum atomic E-state index is 13.0. The van der Waals surface area contributed by atoms with E-state index in [4.69, 9.17) is 0 Å². The second kappa shape index (κ2) is 7.86. The van der Waals surface area contributed by atoms with Crippen LogP contribution in [0.2, 0.25) is 0 Å². The van der Waals surface area contributed by atoms with E-state index in [1.54, 1.807) is 19.1 Å². The molecule has 0 heterocycles. The summed E-state index contributed by atoms with van der Waals surface area (Å²) in [5.41, 5.74) is 0.494. The number of hydrogen-bond acceptors (Lipinski definition) is 3. The number of carbonyl (C=O) groups is 1. The number of hydrogen-bond donors (Lipinski definition) is 3. The van der Waals surface area contributed by atoms with Gasteiger partial charge in [0.25, 0.3) is 0 Å². The normalized spacial score (nSPS) is 13.9. The standard InChI is InChI=1S/C14H21FN2O2/c1-3-7-16-14(19)10(2)17-9-13(18)11-5-4-6-12(15)8-11/h4-6,8,10,13,17-18H,3,7,9H2,1-2H3,(H,16,19). The van der Waals surface area contributed by atoms with Crippen molar-refractivity contribution in [3.63, 3.8) is 0 Å². The molecule has 2 atom stereocenters. The van der Waals surface area contributed by atoms with Crippen LogP contribution in [0, 0.1) is 5.82 Å². The fraction of sp³-hybridized carbons (Fsp3) is 0.500. The van der Waals surface area contributed by atoms with E-state index in [0.29, 0.717) is 12.1 Å². The van der Waals surface area contributed by atoms with Crippen molar-refractivity contribution >= 4 is 5.91 Å². The molecule has 0 aliphatic heterocycles. The fourth-order valence-corrected chi connectivity index (χ4v) is 1.61. The highest BCUT2D eigenvalue weighted by molar-refractivity contribution is 5.81. The average molecular weight is 268 g/mol. The predicted molar refractivity (Wildman–Crippen MR) is 72.1 cm³/mol. The van der Waals surface area contributed by atoms with Crippen LogP contribution in [-0.4, -0.2) is 30.1 Å². The molecule has 1 aromatic rings. The molecule has 3 N–H and O–H groups in total. The first-order chi connectivity index (χ1) is 9.04. The van der Waals surface area contributed by atoms with Gasteiger partial charge in [0.05, 0.1) is 12.1 Å². The molecule has 0 saturated heterocycles. The third-order valence-corrected chi connectivity index (χ3v) is 2.79. The van der Waals surface area contributed by atoms with Gasteiger partial charge in [-0.25, -0.2) is 4.39 Å². The Labute approximate surface area is 113 Å². The number of aliphatic hydroxyl groups is 1. The summed E-state index contributed by atoms with van der Waals surface area (Å²) in [5, 5.41) is 15.6. The molecule has 2 unspecified atom stereocenters. The first-order valence-corrected chi connectivity index (χ1v) is 6.49. The summed E-state index contributed by atoms with van der Waals surface area (Å²) in [6.45, 7) is 4.54. The second-order valence-electron chi connectivity index (χ2n) is 4.49. The van der Waals surface area contributed by atoms with Crippen LogP contribution in [0.4, 0.5) is 4.39 Å². The monoisotopic (exact) mass is 268 g/mol. The van der Waals surface area contributed by atoms with Gasteiger partial charge in [-0.1, -0.05) is 19.1 Å². The molecule has 0 aliphatic carbocycles. The van der Waals surface area contributed by atoms with E-state index < -0.39 is 12.1 Å². The van der Waals surface area contributed by atoms with Gasteiger partial charge < -0.3 is 15.7 Å². The van der Waals surface area contributed by atoms with Crippen LogP contribution in [0.15, 0.2) is 24.3 Å². The summed E-state index contributed by atoms with van der Waals surface area (Å²) in [4.78, 5) is 11.6. The molecule has 1 amide bonds. The highest BCUT2D eigenvalue weighted by Gasteiger charge is 2.14. The van der Waals surface area contributed by atoms with Crippen LogP contribution in [-0.2, 0) is 4.79 Å². The molecule has 19 heavy (non-hydrogen) atoms. The van der Waals surface area contributed by atoms with Crippen molar-refractivity contribution in [1.82, 2.24) is 10.6 Å². The third kappa shape index (κ3) is 5.36. The number of benzene rings is 1. The van der Waals surface area contributed by atoms with E-state index in [-0.39, 0.29) is 18.3 Å². The van der Waals surface area contributed by atoms with Gasteiger partial charge in [-0.05, 0) is 31.0 Å². The first-order valence-electron chi connectivity index (χ1n) is 6.49. The minimum Gasteiger partial charge on any atom is -0.387 e. The van der Waals surface area contributed by atoms with Crippen LogP contribution in [0.25, 0.3) is 0 Å². The summed E-state index contributed by atoms with van der Waals surface area (Å²) in [6.07, 6.45) is 0.0433. The van der Waals surface area contributed by atoms with Gasteiger partial charge in [-0.2, -0.15) is 0 Å². The average Bonchev–Trinajstić information content (AvgIpc) is 2.41. The van der Waals surface area contributed by atoms with Crippen molar-refractivity contribution < 1.29 is 14.3 Å². The Morgan fingerprint density at radius 3 is 2.84 bits per heavy atom. The lowest BCUT2D eigenvalue weighted by Gasteiger charge is -2.17. The van der Waals surface area contributed by atoms with E-state index in [0.717, 1.165) is 6.42 Å². The van der Waals surface area contributed by atoms with Crippen LogP contribution >= 0.6 is 0 Å². The molecule has 1 rings (SSSR count).